The van der Waals surface area contributed by atoms with Crippen molar-refractivity contribution < 1.29 is 9.00 Å². The van der Waals surface area contributed by atoms with Crippen molar-refractivity contribution in [3.05, 3.63) is 28.8 Å². The van der Waals surface area contributed by atoms with Crippen LogP contribution in [0, 0.1) is 0 Å². The van der Waals surface area contributed by atoms with E-state index in [1.807, 2.05) is 0 Å². The third-order valence-corrected chi connectivity index (χ3v) is 3.48. The summed E-state index contributed by atoms with van der Waals surface area (Å²) in [6.45, 7) is 3.24. The van der Waals surface area contributed by atoms with Crippen LogP contribution in [0.15, 0.2) is 18.2 Å². The van der Waals surface area contributed by atoms with E-state index in [2.05, 4.69) is 17.6 Å². The first-order chi connectivity index (χ1) is 9.04. The minimum atomic E-state index is -0.909. The summed E-state index contributed by atoms with van der Waals surface area (Å²) in [6.07, 6.45) is 2.58. The van der Waals surface area contributed by atoms with Crippen LogP contribution in [0.5, 0.6) is 0 Å². The molecule has 0 aromatic heterocycles. The molecule has 0 bridgehead atoms. The van der Waals surface area contributed by atoms with E-state index < -0.39 is 10.8 Å². The van der Waals surface area contributed by atoms with Crippen molar-refractivity contribution in [3.8, 4) is 0 Å². The largest absolute Gasteiger partial charge is 0.384 e. The van der Waals surface area contributed by atoms with E-state index in [-0.39, 0.29) is 5.91 Å². The highest BCUT2D eigenvalue weighted by Gasteiger charge is 2.11. The molecule has 19 heavy (non-hydrogen) atoms. The third-order valence-electron chi connectivity index (χ3n) is 2.47. The predicted molar refractivity (Wildman–Crippen MR) is 81.5 cm³/mol. The third kappa shape index (κ3) is 5.61. The fourth-order valence-corrected chi connectivity index (χ4v) is 2.08. The van der Waals surface area contributed by atoms with E-state index in [0.717, 1.165) is 18.7 Å². The Bertz CT molecular complexity index is 466. The zero-order chi connectivity index (χ0) is 14.3. The minimum Gasteiger partial charge on any atom is -0.384 e. The Hall–Kier alpha value is -1.07. The van der Waals surface area contributed by atoms with Crippen LogP contribution in [0.3, 0.4) is 0 Å². The van der Waals surface area contributed by atoms with Gasteiger partial charge >= 0.3 is 0 Å². The average molecular weight is 303 g/mol. The second-order valence-electron chi connectivity index (χ2n) is 4.15. The maximum atomic E-state index is 12.1. The molecule has 0 aliphatic carbocycles. The molecule has 4 nitrogen and oxygen atoms in total. The molecule has 6 heteroatoms. The molecule has 0 fully saturated rings. The highest BCUT2D eigenvalue weighted by molar-refractivity contribution is 7.84. The maximum Gasteiger partial charge on any atom is 0.253 e. The normalized spacial score (nSPS) is 11.9. The van der Waals surface area contributed by atoms with Crippen molar-refractivity contribution >= 4 is 34.0 Å². The van der Waals surface area contributed by atoms with Crippen LogP contribution in [0.4, 0.5) is 5.69 Å². The monoisotopic (exact) mass is 302 g/mol. The summed E-state index contributed by atoms with van der Waals surface area (Å²) < 4.78 is 11.0. The summed E-state index contributed by atoms with van der Waals surface area (Å²) in [5.41, 5.74) is 1.28. The van der Waals surface area contributed by atoms with E-state index in [1.165, 1.54) is 0 Å². The lowest BCUT2D eigenvalue weighted by Crippen LogP contribution is -2.28. The number of nitrogens with one attached hydrogen (secondary N) is 2. The molecule has 2 N–H and O–H groups in total. The molecule has 0 spiro atoms. The summed E-state index contributed by atoms with van der Waals surface area (Å²) in [7, 11) is -0.909. The molecule has 0 saturated carbocycles. The van der Waals surface area contributed by atoms with Gasteiger partial charge < -0.3 is 10.6 Å². The molecule has 1 unspecified atom stereocenters. The predicted octanol–water partition coefficient (Wildman–Crippen LogP) is 2.27. The Labute approximate surface area is 121 Å². The highest BCUT2D eigenvalue weighted by Crippen LogP contribution is 2.20. The molecule has 0 aliphatic rings. The van der Waals surface area contributed by atoms with Crippen molar-refractivity contribution in [3.63, 3.8) is 0 Å². The number of benzene rings is 1. The van der Waals surface area contributed by atoms with Gasteiger partial charge in [0, 0.05) is 46.6 Å². The van der Waals surface area contributed by atoms with E-state index in [4.69, 9.17) is 11.6 Å². The number of anilines is 1. The Morgan fingerprint density at radius 3 is 2.74 bits per heavy atom. The lowest BCUT2D eigenvalue weighted by atomic mass is 10.1. The quantitative estimate of drug-likeness (QED) is 0.812. The van der Waals surface area contributed by atoms with Crippen LogP contribution in [0.25, 0.3) is 0 Å². The molecule has 0 saturated heterocycles. The number of hydrogen-bond acceptors (Lipinski definition) is 3. The van der Waals surface area contributed by atoms with Crippen molar-refractivity contribution in [1.29, 1.82) is 0 Å². The Balaban J connectivity index is 2.75. The first-order valence-electron chi connectivity index (χ1n) is 6.16. The number of carbonyl (C=O) groups excluding carboxylic acids is 1. The van der Waals surface area contributed by atoms with Crippen molar-refractivity contribution in [1.82, 2.24) is 5.32 Å². The fraction of sp³-hybridized carbons (Fsp3) is 0.462. The van der Waals surface area contributed by atoms with Crippen LogP contribution in [-0.4, -0.2) is 35.2 Å². The minimum absolute atomic E-state index is 0.202. The SMILES string of the molecule is CCCNc1ccc(Cl)cc1C(=O)NCCS(C)=O. The molecule has 0 aliphatic heterocycles. The van der Waals surface area contributed by atoms with E-state index in [0.29, 0.717) is 22.9 Å². The molecule has 1 aromatic carbocycles. The summed E-state index contributed by atoms with van der Waals surface area (Å²) in [5, 5.41) is 6.45. The Morgan fingerprint density at radius 1 is 1.37 bits per heavy atom. The van der Waals surface area contributed by atoms with Gasteiger partial charge in [-0.05, 0) is 24.6 Å². The van der Waals surface area contributed by atoms with Gasteiger partial charge in [0.15, 0.2) is 0 Å². The van der Waals surface area contributed by atoms with Gasteiger partial charge in [0.25, 0.3) is 5.91 Å². The molecule has 1 amide bonds. The molecular formula is C13H19ClN2O2S. The molecule has 106 valence electrons. The van der Waals surface area contributed by atoms with Gasteiger partial charge in [0.1, 0.15) is 0 Å². The fourth-order valence-electron chi connectivity index (χ4n) is 1.52. The topological polar surface area (TPSA) is 58.2 Å². The van der Waals surface area contributed by atoms with Gasteiger partial charge in [-0.3, -0.25) is 9.00 Å². The second kappa shape index (κ2) is 8.17. The molecular weight excluding hydrogens is 284 g/mol. The van der Waals surface area contributed by atoms with Crippen molar-refractivity contribution in [2.75, 3.05) is 30.4 Å². The number of carbonyl (C=O) groups is 1. The summed E-state index contributed by atoms with van der Waals surface area (Å²) in [4.78, 5) is 12.1. The number of hydrogen-bond donors (Lipinski definition) is 2. The van der Waals surface area contributed by atoms with Crippen LogP contribution in [0.1, 0.15) is 23.7 Å². The molecule has 1 aromatic rings. The number of halogens is 1. The number of rotatable bonds is 7. The van der Waals surface area contributed by atoms with Gasteiger partial charge in [-0.15, -0.1) is 0 Å². The molecule has 1 rings (SSSR count). The highest BCUT2D eigenvalue weighted by atomic mass is 35.5. The van der Waals surface area contributed by atoms with Gasteiger partial charge in [0.05, 0.1) is 5.56 Å². The Morgan fingerprint density at radius 2 is 2.11 bits per heavy atom. The zero-order valence-corrected chi connectivity index (χ0v) is 12.7. The van der Waals surface area contributed by atoms with Gasteiger partial charge in [-0.25, -0.2) is 0 Å². The molecule has 0 heterocycles. The van der Waals surface area contributed by atoms with Crippen LogP contribution in [-0.2, 0) is 10.8 Å². The lowest BCUT2D eigenvalue weighted by molar-refractivity contribution is 0.0957. The molecule has 1 atom stereocenters. The zero-order valence-electron chi connectivity index (χ0n) is 11.2. The summed E-state index contributed by atoms with van der Waals surface area (Å²) in [5.74, 6) is 0.246. The summed E-state index contributed by atoms with van der Waals surface area (Å²) in [6, 6.07) is 5.18. The van der Waals surface area contributed by atoms with E-state index >= 15 is 0 Å². The van der Waals surface area contributed by atoms with Crippen molar-refractivity contribution in [2.24, 2.45) is 0 Å². The van der Waals surface area contributed by atoms with Gasteiger partial charge in [-0.2, -0.15) is 0 Å². The second-order valence-corrected chi connectivity index (χ2v) is 6.14. The first kappa shape index (κ1) is 16.0. The smallest absolute Gasteiger partial charge is 0.253 e. The average Bonchev–Trinajstić information content (AvgIpc) is 2.36. The number of amides is 1. The van der Waals surface area contributed by atoms with Gasteiger partial charge in [-0.1, -0.05) is 18.5 Å². The Kier molecular flexibility index (Phi) is 6.87. The lowest BCUT2D eigenvalue weighted by Gasteiger charge is -2.12. The first-order valence-corrected chi connectivity index (χ1v) is 8.26. The van der Waals surface area contributed by atoms with Crippen LogP contribution >= 0.6 is 11.6 Å². The standard InChI is InChI=1S/C13H19ClN2O2S/c1-3-6-15-12-5-4-10(14)9-11(12)13(17)16-7-8-19(2)18/h4-5,9,15H,3,6-8H2,1-2H3,(H,16,17). The maximum absolute atomic E-state index is 12.1. The molecule has 0 radical (unpaired) electrons. The van der Waals surface area contributed by atoms with Crippen LogP contribution < -0.4 is 10.6 Å². The van der Waals surface area contributed by atoms with Gasteiger partial charge in [0.2, 0.25) is 0 Å². The summed E-state index contributed by atoms with van der Waals surface area (Å²) >= 11 is 5.92. The van der Waals surface area contributed by atoms with E-state index in [9.17, 15) is 9.00 Å². The van der Waals surface area contributed by atoms with E-state index in [1.54, 1.807) is 24.5 Å². The van der Waals surface area contributed by atoms with Crippen LogP contribution in [0.2, 0.25) is 5.02 Å². The van der Waals surface area contributed by atoms with Crippen molar-refractivity contribution in [2.45, 2.75) is 13.3 Å².